The van der Waals surface area contributed by atoms with E-state index in [9.17, 15) is 19.7 Å². The van der Waals surface area contributed by atoms with E-state index in [1.54, 1.807) is 37.3 Å². The second-order valence-corrected chi connectivity index (χ2v) is 5.69. The molecule has 0 fully saturated rings. The van der Waals surface area contributed by atoms with Crippen LogP contribution in [0.5, 0.6) is 5.75 Å². The van der Waals surface area contributed by atoms with Gasteiger partial charge >= 0.3 is 5.97 Å². The topological polar surface area (TPSA) is 108 Å². The summed E-state index contributed by atoms with van der Waals surface area (Å²) in [5, 5.41) is 13.4. The lowest BCUT2D eigenvalue weighted by atomic mass is 10.1. The van der Waals surface area contributed by atoms with Gasteiger partial charge < -0.3 is 14.8 Å². The number of carbonyl (C=O) groups is 2. The van der Waals surface area contributed by atoms with Crippen LogP contribution in [-0.2, 0) is 9.53 Å². The molecule has 0 aliphatic carbocycles. The molecule has 0 saturated heterocycles. The van der Waals surface area contributed by atoms with Crippen molar-refractivity contribution in [1.82, 2.24) is 5.32 Å². The summed E-state index contributed by atoms with van der Waals surface area (Å²) < 4.78 is 10.4. The molecule has 0 saturated carbocycles. The summed E-state index contributed by atoms with van der Waals surface area (Å²) in [6.45, 7) is 1.72. The standard InChI is InChI=1S/C19H20N2O6/c1-13(14-6-5-7-15(12-14)21(24)25)27-18(22)10-11-20-19(23)16-8-3-4-9-17(16)26-2/h3-9,12-13H,10-11H2,1-2H3,(H,20,23)/t13-/m1/s1. The van der Waals surface area contributed by atoms with Gasteiger partial charge in [-0.1, -0.05) is 24.3 Å². The molecule has 0 heterocycles. The molecule has 1 amide bonds. The maximum absolute atomic E-state index is 12.1. The van der Waals surface area contributed by atoms with Crippen LogP contribution in [0.2, 0.25) is 0 Å². The van der Waals surface area contributed by atoms with Crippen LogP contribution in [0.25, 0.3) is 0 Å². The van der Waals surface area contributed by atoms with Gasteiger partial charge in [-0.05, 0) is 24.6 Å². The molecule has 27 heavy (non-hydrogen) atoms. The molecular formula is C19H20N2O6. The van der Waals surface area contributed by atoms with E-state index in [-0.39, 0.29) is 24.6 Å². The zero-order chi connectivity index (χ0) is 19.8. The third kappa shape index (κ3) is 5.53. The second kappa shape index (κ2) is 9.33. The SMILES string of the molecule is COc1ccccc1C(=O)NCCC(=O)O[C@H](C)c1cccc([N+](=O)[O-])c1. The number of benzene rings is 2. The Morgan fingerprint density at radius 3 is 2.63 bits per heavy atom. The first kappa shape index (κ1) is 19.9. The third-order valence-electron chi connectivity index (χ3n) is 3.82. The number of nitro groups is 1. The molecule has 142 valence electrons. The highest BCUT2D eigenvalue weighted by Gasteiger charge is 2.16. The number of para-hydroxylation sites is 1. The first-order chi connectivity index (χ1) is 12.9. The lowest BCUT2D eigenvalue weighted by Crippen LogP contribution is -2.27. The Balaban J connectivity index is 1.84. The lowest BCUT2D eigenvalue weighted by Gasteiger charge is -2.14. The van der Waals surface area contributed by atoms with Gasteiger partial charge in [-0.2, -0.15) is 0 Å². The second-order valence-electron chi connectivity index (χ2n) is 5.69. The van der Waals surface area contributed by atoms with Gasteiger partial charge in [-0.25, -0.2) is 0 Å². The van der Waals surface area contributed by atoms with Gasteiger partial charge in [0.2, 0.25) is 0 Å². The fourth-order valence-electron chi connectivity index (χ4n) is 2.42. The first-order valence-electron chi connectivity index (χ1n) is 8.27. The Morgan fingerprint density at radius 2 is 1.93 bits per heavy atom. The molecule has 0 unspecified atom stereocenters. The van der Waals surface area contributed by atoms with E-state index in [2.05, 4.69) is 5.32 Å². The zero-order valence-electron chi connectivity index (χ0n) is 15.0. The van der Waals surface area contributed by atoms with Crippen molar-refractivity contribution in [2.24, 2.45) is 0 Å². The monoisotopic (exact) mass is 372 g/mol. The molecule has 0 spiro atoms. The Morgan fingerprint density at radius 1 is 1.19 bits per heavy atom. The maximum Gasteiger partial charge on any atom is 0.308 e. The summed E-state index contributed by atoms with van der Waals surface area (Å²) in [7, 11) is 1.47. The average molecular weight is 372 g/mol. The van der Waals surface area contributed by atoms with Crippen molar-refractivity contribution in [3.05, 3.63) is 69.8 Å². The number of nitrogens with one attached hydrogen (secondary N) is 1. The van der Waals surface area contributed by atoms with Crippen molar-refractivity contribution in [1.29, 1.82) is 0 Å². The van der Waals surface area contributed by atoms with Gasteiger partial charge in [0.05, 0.1) is 24.0 Å². The van der Waals surface area contributed by atoms with Crippen LogP contribution in [0.4, 0.5) is 5.69 Å². The molecule has 2 aromatic rings. The van der Waals surface area contributed by atoms with Crippen molar-refractivity contribution in [2.45, 2.75) is 19.4 Å². The Labute approximate surface area is 156 Å². The minimum absolute atomic E-state index is 0.0276. The maximum atomic E-state index is 12.1. The number of esters is 1. The number of nitrogens with zero attached hydrogens (tertiary/aromatic N) is 1. The number of non-ortho nitro benzene ring substituents is 1. The van der Waals surface area contributed by atoms with Gasteiger partial charge in [0, 0.05) is 18.7 Å². The van der Waals surface area contributed by atoms with Gasteiger partial charge in [0.1, 0.15) is 11.9 Å². The highest BCUT2D eigenvalue weighted by atomic mass is 16.6. The molecule has 8 nitrogen and oxygen atoms in total. The van der Waals surface area contributed by atoms with Crippen molar-refractivity contribution in [3.63, 3.8) is 0 Å². The zero-order valence-corrected chi connectivity index (χ0v) is 15.0. The van der Waals surface area contributed by atoms with Crippen molar-refractivity contribution < 1.29 is 24.0 Å². The van der Waals surface area contributed by atoms with Crippen molar-refractivity contribution in [3.8, 4) is 5.75 Å². The van der Waals surface area contributed by atoms with Crippen LogP contribution >= 0.6 is 0 Å². The van der Waals surface area contributed by atoms with E-state index >= 15 is 0 Å². The summed E-state index contributed by atoms with van der Waals surface area (Å²) in [5.74, 6) is -0.432. The number of nitro benzene ring substituents is 1. The van der Waals surface area contributed by atoms with Crippen LogP contribution in [0.1, 0.15) is 35.4 Å². The molecule has 0 aliphatic rings. The number of hydrogen-bond acceptors (Lipinski definition) is 6. The smallest absolute Gasteiger partial charge is 0.308 e. The summed E-state index contributed by atoms with van der Waals surface area (Å²) >= 11 is 0. The average Bonchev–Trinajstić information content (AvgIpc) is 2.67. The number of rotatable bonds is 8. The molecule has 2 aromatic carbocycles. The number of methoxy groups -OCH3 is 1. The molecule has 1 atom stereocenters. The first-order valence-corrected chi connectivity index (χ1v) is 8.27. The quantitative estimate of drug-likeness (QED) is 0.433. The minimum atomic E-state index is -0.637. The van der Waals surface area contributed by atoms with Crippen molar-refractivity contribution >= 4 is 17.6 Å². The summed E-state index contributed by atoms with van der Waals surface area (Å²) in [6.07, 6.45) is -0.664. The molecule has 0 aliphatic heterocycles. The van der Waals surface area contributed by atoms with Crippen LogP contribution in [0, 0.1) is 10.1 Å². The number of carbonyl (C=O) groups excluding carboxylic acids is 2. The Hall–Kier alpha value is -3.42. The summed E-state index contributed by atoms with van der Waals surface area (Å²) in [5.41, 5.74) is 0.827. The van der Waals surface area contributed by atoms with Gasteiger partial charge in [0.15, 0.2) is 0 Å². The molecular weight excluding hydrogens is 352 g/mol. The van der Waals surface area contributed by atoms with Crippen molar-refractivity contribution in [2.75, 3.05) is 13.7 Å². The molecule has 0 bridgehead atoms. The largest absolute Gasteiger partial charge is 0.496 e. The number of ether oxygens (including phenoxy) is 2. The predicted octanol–water partition coefficient (Wildman–Crippen LogP) is 3.03. The van der Waals surface area contributed by atoms with Crippen LogP contribution in [0.15, 0.2) is 48.5 Å². The predicted molar refractivity (Wildman–Crippen MR) is 97.5 cm³/mol. The summed E-state index contributed by atoms with van der Waals surface area (Å²) in [4.78, 5) is 34.4. The molecule has 1 N–H and O–H groups in total. The molecule has 2 rings (SSSR count). The number of hydrogen-bond donors (Lipinski definition) is 1. The lowest BCUT2D eigenvalue weighted by molar-refractivity contribution is -0.385. The summed E-state index contributed by atoms with van der Waals surface area (Å²) in [6, 6.07) is 12.7. The highest BCUT2D eigenvalue weighted by molar-refractivity contribution is 5.97. The molecule has 0 radical (unpaired) electrons. The minimum Gasteiger partial charge on any atom is -0.496 e. The Kier molecular flexibility index (Phi) is 6.87. The van der Waals surface area contributed by atoms with E-state index in [1.165, 1.54) is 25.3 Å². The Bertz CT molecular complexity index is 836. The van der Waals surface area contributed by atoms with Crippen LogP contribution in [0.3, 0.4) is 0 Å². The van der Waals surface area contributed by atoms with E-state index in [0.29, 0.717) is 16.9 Å². The van der Waals surface area contributed by atoms with Gasteiger partial charge in [-0.3, -0.25) is 19.7 Å². The van der Waals surface area contributed by atoms with Gasteiger partial charge in [0.25, 0.3) is 11.6 Å². The molecule has 0 aromatic heterocycles. The van der Waals surface area contributed by atoms with Crippen LogP contribution in [-0.4, -0.2) is 30.5 Å². The van der Waals surface area contributed by atoms with Gasteiger partial charge in [-0.15, -0.1) is 0 Å². The fraction of sp³-hybridized carbons (Fsp3) is 0.263. The van der Waals surface area contributed by atoms with Crippen LogP contribution < -0.4 is 10.1 Å². The highest BCUT2D eigenvalue weighted by Crippen LogP contribution is 2.22. The fourth-order valence-corrected chi connectivity index (χ4v) is 2.42. The van der Waals surface area contributed by atoms with E-state index in [4.69, 9.17) is 9.47 Å². The van der Waals surface area contributed by atoms with E-state index in [0.717, 1.165) is 0 Å². The number of amides is 1. The van der Waals surface area contributed by atoms with E-state index in [1.807, 2.05) is 0 Å². The normalized spacial score (nSPS) is 11.3. The molecule has 8 heteroatoms. The third-order valence-corrected chi connectivity index (χ3v) is 3.82. The van der Waals surface area contributed by atoms with E-state index < -0.39 is 17.0 Å².